The van der Waals surface area contributed by atoms with Crippen LogP contribution in [0.5, 0.6) is 0 Å². The summed E-state index contributed by atoms with van der Waals surface area (Å²) in [5.41, 5.74) is 1.72. The minimum absolute atomic E-state index is 0.0881. The Kier molecular flexibility index (Phi) is 6.65. The van der Waals surface area contributed by atoms with Crippen molar-refractivity contribution in [2.24, 2.45) is 5.92 Å². The van der Waals surface area contributed by atoms with E-state index >= 15 is 0 Å². The molecule has 4 rings (SSSR count). The molecule has 6 nitrogen and oxygen atoms in total. The molecule has 1 aromatic heterocycles. The molecule has 2 aliphatic heterocycles. The highest BCUT2D eigenvalue weighted by Crippen LogP contribution is 2.38. The lowest BCUT2D eigenvalue weighted by Gasteiger charge is -2.36. The number of rotatable bonds is 7. The maximum atomic E-state index is 13.5. The Morgan fingerprint density at radius 3 is 2.75 bits per heavy atom. The minimum Gasteiger partial charge on any atom is -0.370 e. The highest BCUT2D eigenvalue weighted by atomic mass is 32.1. The average molecular weight is 454 g/mol. The van der Waals surface area contributed by atoms with E-state index in [0.717, 1.165) is 49.3 Å². The third kappa shape index (κ3) is 4.06. The second-order valence-corrected chi connectivity index (χ2v) is 9.75. The van der Waals surface area contributed by atoms with Crippen molar-refractivity contribution in [3.05, 3.63) is 51.7 Å². The van der Waals surface area contributed by atoms with Crippen LogP contribution in [0.3, 0.4) is 0 Å². The zero-order chi connectivity index (χ0) is 22.8. The van der Waals surface area contributed by atoms with Crippen molar-refractivity contribution in [1.29, 1.82) is 0 Å². The van der Waals surface area contributed by atoms with Gasteiger partial charge in [0.25, 0.3) is 11.8 Å². The maximum absolute atomic E-state index is 13.5. The van der Waals surface area contributed by atoms with Crippen LogP contribution < -0.4 is 4.90 Å². The molecule has 0 N–H and O–H groups in total. The lowest BCUT2D eigenvalue weighted by Crippen LogP contribution is -2.44. The maximum Gasteiger partial charge on any atom is 0.264 e. The topological polar surface area (TPSA) is 60.9 Å². The zero-order valence-electron chi connectivity index (χ0n) is 19.0. The predicted molar refractivity (Wildman–Crippen MR) is 127 cm³/mol. The Morgan fingerprint density at radius 1 is 1.22 bits per heavy atom. The molecule has 0 unspecified atom stereocenters. The second kappa shape index (κ2) is 9.45. The van der Waals surface area contributed by atoms with E-state index in [1.807, 2.05) is 48.5 Å². The van der Waals surface area contributed by atoms with Crippen LogP contribution in [0.2, 0.25) is 0 Å². The smallest absolute Gasteiger partial charge is 0.264 e. The summed E-state index contributed by atoms with van der Waals surface area (Å²) < 4.78 is 0. The number of amides is 3. The van der Waals surface area contributed by atoms with Gasteiger partial charge in [-0.15, -0.1) is 11.3 Å². The van der Waals surface area contributed by atoms with Gasteiger partial charge in [-0.2, -0.15) is 0 Å². The third-order valence-electron chi connectivity index (χ3n) is 6.60. The molecule has 0 saturated carbocycles. The van der Waals surface area contributed by atoms with Gasteiger partial charge in [0.1, 0.15) is 0 Å². The van der Waals surface area contributed by atoms with Crippen molar-refractivity contribution in [1.82, 2.24) is 9.80 Å². The standard InChI is InChI=1S/C25H31N3O3S/c1-4-5-13-26(3)23(29)18-9-7-14-27(16-18)20-11-6-10-19-22(20)25(31)28(24(19)30)17(2)21-12-8-15-32-21/h6,8,10-12,15,17-18H,4-5,7,9,13-14,16H2,1-3H3/t17-,18-/m0/s1. The highest BCUT2D eigenvalue weighted by molar-refractivity contribution is 7.10. The van der Waals surface area contributed by atoms with Gasteiger partial charge >= 0.3 is 0 Å². The van der Waals surface area contributed by atoms with Crippen LogP contribution in [-0.2, 0) is 4.79 Å². The van der Waals surface area contributed by atoms with Crippen molar-refractivity contribution in [3.63, 3.8) is 0 Å². The van der Waals surface area contributed by atoms with Crippen molar-refractivity contribution >= 4 is 34.7 Å². The molecule has 0 bridgehead atoms. The lowest BCUT2D eigenvalue weighted by molar-refractivity contribution is -0.134. The van der Waals surface area contributed by atoms with Crippen LogP contribution in [0.1, 0.15) is 71.2 Å². The molecule has 0 radical (unpaired) electrons. The van der Waals surface area contributed by atoms with Gasteiger partial charge in [0.2, 0.25) is 5.91 Å². The van der Waals surface area contributed by atoms with Crippen LogP contribution in [0.25, 0.3) is 0 Å². The van der Waals surface area contributed by atoms with Crippen molar-refractivity contribution < 1.29 is 14.4 Å². The summed E-state index contributed by atoms with van der Waals surface area (Å²) in [5, 5.41) is 1.96. The summed E-state index contributed by atoms with van der Waals surface area (Å²) >= 11 is 1.55. The number of hydrogen-bond donors (Lipinski definition) is 0. The molecule has 2 atom stereocenters. The van der Waals surface area contributed by atoms with Gasteiger partial charge in [-0.25, -0.2) is 0 Å². The fraction of sp³-hybridized carbons (Fsp3) is 0.480. The van der Waals surface area contributed by atoms with Crippen LogP contribution in [-0.4, -0.2) is 54.2 Å². The largest absolute Gasteiger partial charge is 0.370 e. The normalized spacial score (nSPS) is 19.3. The molecule has 2 aromatic rings. The molecule has 7 heteroatoms. The molecule has 0 spiro atoms. The number of carbonyl (C=O) groups excluding carboxylic acids is 3. The number of imide groups is 1. The number of hydrogen-bond acceptors (Lipinski definition) is 5. The van der Waals surface area contributed by atoms with Gasteiger partial charge in [-0.3, -0.25) is 19.3 Å². The summed E-state index contributed by atoms with van der Waals surface area (Å²) in [5.74, 6) is -0.396. The molecule has 32 heavy (non-hydrogen) atoms. The Labute approximate surface area is 193 Å². The second-order valence-electron chi connectivity index (χ2n) is 8.77. The van der Waals surface area contributed by atoms with E-state index in [-0.39, 0.29) is 29.7 Å². The fourth-order valence-electron chi connectivity index (χ4n) is 4.77. The quantitative estimate of drug-likeness (QED) is 0.576. The molecular weight excluding hydrogens is 422 g/mol. The van der Waals surface area contributed by atoms with Crippen molar-refractivity contribution in [2.45, 2.75) is 45.6 Å². The monoisotopic (exact) mass is 453 g/mol. The SMILES string of the molecule is CCCCN(C)C(=O)[C@H]1CCCN(c2cccc3c2C(=O)N([C@@H](C)c2cccs2)C3=O)C1. The summed E-state index contributed by atoms with van der Waals surface area (Å²) in [6.45, 7) is 6.15. The average Bonchev–Trinajstić information content (AvgIpc) is 3.44. The van der Waals surface area contributed by atoms with Gasteiger partial charge in [-0.05, 0) is 49.8 Å². The first-order valence-electron chi connectivity index (χ1n) is 11.5. The van der Waals surface area contributed by atoms with Crippen LogP contribution in [0.15, 0.2) is 35.7 Å². The Bertz CT molecular complexity index is 1000. The first-order chi connectivity index (χ1) is 15.4. The summed E-state index contributed by atoms with van der Waals surface area (Å²) in [4.78, 5) is 45.9. The van der Waals surface area contributed by atoms with E-state index in [2.05, 4.69) is 11.8 Å². The number of benzene rings is 1. The van der Waals surface area contributed by atoms with Gasteiger partial charge in [0.05, 0.1) is 28.8 Å². The first kappa shape index (κ1) is 22.5. The Balaban J connectivity index is 1.58. The molecule has 0 aliphatic carbocycles. The number of piperidine rings is 1. The minimum atomic E-state index is -0.307. The van der Waals surface area contributed by atoms with Crippen LogP contribution in [0, 0.1) is 5.92 Å². The first-order valence-corrected chi connectivity index (χ1v) is 12.4. The fourth-order valence-corrected chi connectivity index (χ4v) is 5.55. The van der Waals surface area contributed by atoms with E-state index < -0.39 is 0 Å². The van der Waals surface area contributed by atoms with Gasteiger partial charge in [-0.1, -0.05) is 25.5 Å². The number of nitrogens with zero attached hydrogens (tertiary/aromatic N) is 3. The number of anilines is 1. The van der Waals surface area contributed by atoms with Crippen LogP contribution in [0.4, 0.5) is 5.69 Å². The molecule has 1 fully saturated rings. The van der Waals surface area contributed by atoms with Crippen molar-refractivity contribution in [3.8, 4) is 0 Å². The number of fused-ring (bicyclic) bond motifs is 1. The molecule has 1 saturated heterocycles. The Hall–Kier alpha value is -2.67. The third-order valence-corrected chi connectivity index (χ3v) is 7.64. The van der Waals surface area contributed by atoms with Gasteiger partial charge in [0.15, 0.2) is 0 Å². The van der Waals surface area contributed by atoms with E-state index in [9.17, 15) is 14.4 Å². The summed E-state index contributed by atoms with van der Waals surface area (Å²) in [7, 11) is 1.88. The van der Waals surface area contributed by atoms with Crippen LogP contribution >= 0.6 is 11.3 Å². The lowest BCUT2D eigenvalue weighted by atomic mass is 9.95. The van der Waals surface area contributed by atoms with Crippen molar-refractivity contribution in [2.75, 3.05) is 31.6 Å². The molecule has 3 heterocycles. The molecule has 3 amide bonds. The van der Waals surface area contributed by atoms with Gasteiger partial charge in [0, 0.05) is 31.6 Å². The molecular formula is C25H31N3O3S. The van der Waals surface area contributed by atoms with E-state index in [1.165, 1.54) is 4.90 Å². The van der Waals surface area contributed by atoms with E-state index in [4.69, 9.17) is 0 Å². The highest BCUT2D eigenvalue weighted by Gasteiger charge is 2.42. The Morgan fingerprint density at radius 2 is 2.03 bits per heavy atom. The molecule has 1 aromatic carbocycles. The molecule has 170 valence electrons. The van der Waals surface area contributed by atoms with E-state index in [1.54, 1.807) is 17.4 Å². The zero-order valence-corrected chi connectivity index (χ0v) is 19.9. The number of thiophene rings is 1. The van der Waals surface area contributed by atoms with E-state index in [0.29, 0.717) is 17.7 Å². The molecule has 2 aliphatic rings. The summed E-state index contributed by atoms with van der Waals surface area (Å²) in [6, 6.07) is 9.08. The number of carbonyl (C=O) groups is 3. The number of unbranched alkanes of at least 4 members (excludes halogenated alkanes) is 1. The van der Waals surface area contributed by atoms with Gasteiger partial charge < -0.3 is 9.80 Å². The predicted octanol–water partition coefficient (Wildman–Crippen LogP) is 4.58. The summed E-state index contributed by atoms with van der Waals surface area (Å²) in [6.07, 6.45) is 3.80.